The van der Waals surface area contributed by atoms with Gasteiger partial charge in [0.25, 0.3) is 5.88 Å². The first-order valence-electron chi connectivity index (χ1n) is 6.61. The van der Waals surface area contributed by atoms with Gasteiger partial charge in [-0.05, 0) is 25.0 Å². The smallest absolute Gasteiger partial charge is 0.257 e. The van der Waals surface area contributed by atoms with Crippen LogP contribution in [0.3, 0.4) is 0 Å². The van der Waals surface area contributed by atoms with E-state index < -0.39 is 0 Å². The molecule has 0 amide bonds. The van der Waals surface area contributed by atoms with Gasteiger partial charge >= 0.3 is 0 Å². The number of nitrogens with zero attached hydrogens (tertiary/aromatic N) is 3. The topological polar surface area (TPSA) is 64.3 Å². The second-order valence-corrected chi connectivity index (χ2v) is 4.77. The Bertz CT molecular complexity index is 592. The highest BCUT2D eigenvalue weighted by Crippen LogP contribution is 2.31. The van der Waals surface area contributed by atoms with Crippen LogP contribution in [0.5, 0.6) is 5.88 Å². The second-order valence-electron chi connectivity index (χ2n) is 4.77. The molecule has 0 aliphatic carbocycles. The maximum Gasteiger partial charge on any atom is 0.257 e. The molecule has 0 saturated carbocycles. The monoisotopic (exact) mass is 294 g/mol. The van der Waals surface area contributed by atoms with Crippen molar-refractivity contribution in [2.45, 2.75) is 18.9 Å². The lowest BCUT2D eigenvalue weighted by molar-refractivity contribution is 0.396. The predicted octanol–water partition coefficient (Wildman–Crippen LogP) is 1.99. The molecule has 1 unspecified atom stereocenters. The van der Waals surface area contributed by atoms with Gasteiger partial charge in [-0.25, -0.2) is 9.97 Å². The van der Waals surface area contributed by atoms with Crippen LogP contribution in [0.25, 0.3) is 11.0 Å². The fourth-order valence-corrected chi connectivity index (χ4v) is 2.66. The van der Waals surface area contributed by atoms with Crippen LogP contribution in [0.4, 0.5) is 5.82 Å². The molecule has 1 aliphatic heterocycles. The highest BCUT2D eigenvalue weighted by molar-refractivity contribution is 5.85. The first kappa shape index (κ1) is 14.8. The summed E-state index contributed by atoms with van der Waals surface area (Å²) in [4.78, 5) is 11.5. The molecular weight excluding hydrogens is 276 g/mol. The van der Waals surface area contributed by atoms with E-state index in [1.54, 1.807) is 7.11 Å². The van der Waals surface area contributed by atoms with E-state index >= 15 is 0 Å². The number of benzene rings is 1. The van der Waals surface area contributed by atoms with Gasteiger partial charge in [0, 0.05) is 19.1 Å². The number of hydrogen-bond donors (Lipinski definition) is 1. The number of anilines is 1. The highest BCUT2D eigenvalue weighted by Gasteiger charge is 2.27. The van der Waals surface area contributed by atoms with Crippen LogP contribution in [-0.2, 0) is 0 Å². The van der Waals surface area contributed by atoms with Crippen molar-refractivity contribution in [3.63, 3.8) is 0 Å². The standard InChI is InChI=1S/C14H18N4O.ClH/c1-19-14-13(18-8-4-5-10(18)9-15)16-11-6-2-3-7-12(11)17-14;/h2-3,6-7,10H,4-5,8-9,15H2,1H3;1H. The van der Waals surface area contributed by atoms with Crippen molar-refractivity contribution in [2.75, 3.05) is 25.1 Å². The van der Waals surface area contributed by atoms with Crippen LogP contribution in [0.15, 0.2) is 24.3 Å². The minimum Gasteiger partial charge on any atom is -0.478 e. The van der Waals surface area contributed by atoms with Gasteiger partial charge < -0.3 is 15.4 Å². The normalized spacial score (nSPS) is 18.1. The summed E-state index contributed by atoms with van der Waals surface area (Å²) in [6, 6.07) is 8.17. The second kappa shape index (κ2) is 6.24. The van der Waals surface area contributed by atoms with Crippen LogP contribution in [0.1, 0.15) is 12.8 Å². The molecule has 1 aliphatic rings. The summed E-state index contributed by atoms with van der Waals surface area (Å²) in [6.45, 7) is 1.60. The summed E-state index contributed by atoms with van der Waals surface area (Å²) in [5, 5.41) is 0. The molecule has 2 aromatic rings. The van der Waals surface area contributed by atoms with Crippen LogP contribution in [0.2, 0.25) is 0 Å². The molecule has 2 N–H and O–H groups in total. The number of rotatable bonds is 3. The van der Waals surface area contributed by atoms with Crippen molar-refractivity contribution < 1.29 is 4.74 Å². The summed E-state index contributed by atoms with van der Waals surface area (Å²) >= 11 is 0. The van der Waals surface area contributed by atoms with Crippen LogP contribution in [-0.4, -0.2) is 36.2 Å². The number of hydrogen-bond acceptors (Lipinski definition) is 5. The average molecular weight is 295 g/mol. The fourth-order valence-electron chi connectivity index (χ4n) is 2.66. The van der Waals surface area contributed by atoms with Crippen molar-refractivity contribution in [1.82, 2.24) is 9.97 Å². The largest absolute Gasteiger partial charge is 0.478 e. The minimum absolute atomic E-state index is 0. The zero-order valence-electron chi connectivity index (χ0n) is 11.5. The molecule has 6 heteroatoms. The predicted molar refractivity (Wildman–Crippen MR) is 82.8 cm³/mol. The number of ether oxygens (including phenoxy) is 1. The molecule has 1 fully saturated rings. The summed E-state index contributed by atoms with van der Waals surface area (Å²) < 4.78 is 5.40. The first-order valence-corrected chi connectivity index (χ1v) is 6.61. The van der Waals surface area contributed by atoms with E-state index in [0.717, 1.165) is 36.2 Å². The Kier molecular flexibility index (Phi) is 4.62. The number of halogens is 1. The zero-order chi connectivity index (χ0) is 13.2. The molecule has 1 saturated heterocycles. The highest BCUT2D eigenvalue weighted by atomic mass is 35.5. The Hall–Kier alpha value is -1.59. The van der Waals surface area contributed by atoms with E-state index in [-0.39, 0.29) is 12.4 Å². The third-order valence-corrected chi connectivity index (χ3v) is 3.64. The van der Waals surface area contributed by atoms with Crippen LogP contribution < -0.4 is 15.4 Å². The lowest BCUT2D eigenvalue weighted by Crippen LogP contribution is -2.36. The molecule has 0 spiro atoms. The van der Waals surface area contributed by atoms with E-state index in [1.165, 1.54) is 0 Å². The van der Waals surface area contributed by atoms with Crippen molar-refractivity contribution in [1.29, 1.82) is 0 Å². The minimum atomic E-state index is 0. The van der Waals surface area contributed by atoms with Crippen LogP contribution in [0, 0.1) is 0 Å². The molecule has 108 valence electrons. The van der Waals surface area contributed by atoms with Gasteiger partial charge in [-0.2, -0.15) is 0 Å². The number of aromatic nitrogens is 2. The average Bonchev–Trinajstić information content (AvgIpc) is 2.94. The number of methoxy groups -OCH3 is 1. The molecule has 0 radical (unpaired) electrons. The Morgan fingerprint density at radius 3 is 2.65 bits per heavy atom. The maximum atomic E-state index is 5.84. The fraction of sp³-hybridized carbons (Fsp3) is 0.429. The first-order chi connectivity index (χ1) is 9.33. The Balaban J connectivity index is 0.00000147. The van der Waals surface area contributed by atoms with Gasteiger partial charge in [0.15, 0.2) is 5.82 Å². The van der Waals surface area contributed by atoms with Gasteiger partial charge in [0.05, 0.1) is 18.1 Å². The molecule has 20 heavy (non-hydrogen) atoms. The number of para-hydroxylation sites is 2. The van der Waals surface area contributed by atoms with E-state index in [1.807, 2.05) is 24.3 Å². The molecule has 2 heterocycles. The van der Waals surface area contributed by atoms with Gasteiger partial charge in [-0.1, -0.05) is 12.1 Å². The van der Waals surface area contributed by atoms with Gasteiger partial charge in [0.1, 0.15) is 0 Å². The third kappa shape index (κ3) is 2.51. The lowest BCUT2D eigenvalue weighted by Gasteiger charge is -2.25. The van der Waals surface area contributed by atoms with Gasteiger partial charge in [-0.15, -0.1) is 12.4 Å². The molecule has 1 atom stereocenters. The molecule has 1 aromatic heterocycles. The number of nitrogens with two attached hydrogens (primary N) is 1. The molecule has 1 aromatic carbocycles. The Morgan fingerprint density at radius 1 is 1.30 bits per heavy atom. The van der Waals surface area contributed by atoms with Gasteiger partial charge in [0.2, 0.25) is 0 Å². The summed E-state index contributed by atoms with van der Waals surface area (Å²) in [5.74, 6) is 1.40. The van der Waals surface area contributed by atoms with Crippen molar-refractivity contribution >= 4 is 29.3 Å². The van der Waals surface area contributed by atoms with Crippen molar-refractivity contribution in [2.24, 2.45) is 5.73 Å². The van der Waals surface area contributed by atoms with Crippen molar-refractivity contribution in [3.8, 4) is 5.88 Å². The van der Waals surface area contributed by atoms with Crippen molar-refractivity contribution in [3.05, 3.63) is 24.3 Å². The van der Waals surface area contributed by atoms with E-state index in [0.29, 0.717) is 18.5 Å². The summed E-state index contributed by atoms with van der Waals surface area (Å²) in [7, 11) is 1.63. The van der Waals surface area contributed by atoms with Gasteiger partial charge in [-0.3, -0.25) is 0 Å². The summed E-state index contributed by atoms with van der Waals surface area (Å²) in [6.07, 6.45) is 2.24. The SMILES string of the molecule is COc1nc2ccccc2nc1N1CCCC1CN.Cl. The van der Waals surface area contributed by atoms with E-state index in [4.69, 9.17) is 15.5 Å². The summed E-state index contributed by atoms with van der Waals surface area (Å²) in [5.41, 5.74) is 7.58. The lowest BCUT2D eigenvalue weighted by atomic mass is 10.2. The molecule has 3 rings (SSSR count). The van der Waals surface area contributed by atoms with Crippen LogP contribution >= 0.6 is 12.4 Å². The zero-order valence-corrected chi connectivity index (χ0v) is 12.3. The number of fused-ring (bicyclic) bond motifs is 1. The molecular formula is C14H19ClN4O. The van der Waals surface area contributed by atoms with E-state index in [9.17, 15) is 0 Å². The Labute approximate surface area is 124 Å². The third-order valence-electron chi connectivity index (χ3n) is 3.64. The quantitative estimate of drug-likeness (QED) is 0.938. The van der Waals surface area contributed by atoms with E-state index in [2.05, 4.69) is 9.88 Å². The maximum absolute atomic E-state index is 5.84. The molecule has 5 nitrogen and oxygen atoms in total. The molecule has 0 bridgehead atoms. The Morgan fingerprint density at radius 2 is 2.00 bits per heavy atom.